The van der Waals surface area contributed by atoms with Gasteiger partial charge in [0.2, 0.25) is 0 Å². The molecular formula is C28H23FN4O3S2. The molecule has 2 aromatic heterocycles. The maximum Gasteiger partial charge on any atom is 0.264 e. The van der Waals surface area contributed by atoms with Crippen molar-refractivity contribution in [3.8, 4) is 0 Å². The Morgan fingerprint density at radius 2 is 1.71 bits per heavy atom. The topological polar surface area (TPSA) is 83.5 Å². The number of benzene rings is 3. The van der Waals surface area contributed by atoms with Gasteiger partial charge < -0.3 is 0 Å². The number of hydrogen-bond acceptors (Lipinski definition) is 6. The summed E-state index contributed by atoms with van der Waals surface area (Å²) in [5.74, 6) is -0.861. The van der Waals surface area contributed by atoms with Gasteiger partial charge in [0, 0.05) is 24.5 Å². The number of hydrogen-bond donors (Lipinski definition) is 0. The molecule has 0 fully saturated rings. The number of rotatable bonds is 8. The fourth-order valence-electron chi connectivity index (χ4n) is 4.06. The lowest BCUT2D eigenvalue weighted by atomic mass is 10.2. The van der Waals surface area contributed by atoms with Gasteiger partial charge in [0.15, 0.2) is 5.13 Å². The molecule has 10 heteroatoms. The first-order valence-corrected chi connectivity index (χ1v) is 14.1. The summed E-state index contributed by atoms with van der Waals surface area (Å²) in [6, 6.07) is 22.9. The molecule has 38 heavy (non-hydrogen) atoms. The van der Waals surface area contributed by atoms with Crippen molar-refractivity contribution in [1.29, 1.82) is 0 Å². The number of thiazole rings is 1. The van der Waals surface area contributed by atoms with Crippen LogP contribution in [0.1, 0.15) is 22.8 Å². The lowest BCUT2D eigenvalue weighted by Crippen LogP contribution is -2.31. The van der Waals surface area contributed by atoms with Crippen molar-refractivity contribution in [2.45, 2.75) is 18.4 Å². The van der Waals surface area contributed by atoms with Crippen LogP contribution in [0.25, 0.3) is 10.2 Å². The number of para-hydroxylation sites is 2. The third-order valence-electron chi connectivity index (χ3n) is 5.92. The molecule has 7 nitrogen and oxygen atoms in total. The molecule has 192 valence electrons. The van der Waals surface area contributed by atoms with Crippen molar-refractivity contribution in [3.63, 3.8) is 0 Å². The second-order valence-corrected chi connectivity index (χ2v) is 11.2. The maximum absolute atomic E-state index is 14.4. The lowest BCUT2D eigenvalue weighted by molar-refractivity contribution is 0.0985. The average Bonchev–Trinajstić information content (AvgIpc) is 3.38. The van der Waals surface area contributed by atoms with Gasteiger partial charge in [0.05, 0.1) is 21.8 Å². The summed E-state index contributed by atoms with van der Waals surface area (Å²) < 4.78 is 43.0. The predicted octanol–water partition coefficient (Wildman–Crippen LogP) is 5.89. The Labute approximate surface area is 223 Å². The zero-order valence-corrected chi connectivity index (χ0v) is 22.0. The molecule has 0 aliphatic rings. The fraction of sp³-hybridized carbons (Fsp3) is 0.107. The first-order valence-electron chi connectivity index (χ1n) is 11.8. The molecule has 0 radical (unpaired) electrons. The minimum absolute atomic E-state index is 0.0700. The van der Waals surface area contributed by atoms with Gasteiger partial charge >= 0.3 is 0 Å². The number of carbonyl (C=O) groups excluding carboxylic acids is 1. The minimum Gasteiger partial charge on any atom is -0.279 e. The predicted molar refractivity (Wildman–Crippen MR) is 147 cm³/mol. The van der Waals surface area contributed by atoms with Crippen LogP contribution in [0.3, 0.4) is 0 Å². The van der Waals surface area contributed by atoms with Crippen LogP contribution in [-0.2, 0) is 16.6 Å². The van der Waals surface area contributed by atoms with E-state index in [2.05, 4.69) is 9.97 Å². The van der Waals surface area contributed by atoms with Crippen LogP contribution in [0.15, 0.2) is 102 Å². The summed E-state index contributed by atoms with van der Waals surface area (Å²) in [5.41, 5.74) is 1.79. The van der Waals surface area contributed by atoms with Gasteiger partial charge in [0.25, 0.3) is 15.9 Å². The summed E-state index contributed by atoms with van der Waals surface area (Å²) in [5, 5.41) is 0.330. The van der Waals surface area contributed by atoms with E-state index in [1.54, 1.807) is 61.8 Å². The van der Waals surface area contributed by atoms with Crippen LogP contribution < -0.4 is 9.21 Å². The van der Waals surface area contributed by atoms with E-state index in [4.69, 9.17) is 0 Å². The Morgan fingerprint density at radius 3 is 2.37 bits per heavy atom. The number of fused-ring (bicyclic) bond motifs is 1. The lowest BCUT2D eigenvalue weighted by Gasteiger charge is -2.23. The van der Waals surface area contributed by atoms with Crippen LogP contribution in [0.2, 0.25) is 0 Å². The fourth-order valence-corrected chi connectivity index (χ4v) is 6.51. The van der Waals surface area contributed by atoms with E-state index < -0.39 is 21.7 Å². The monoisotopic (exact) mass is 546 g/mol. The normalized spacial score (nSPS) is 11.4. The van der Waals surface area contributed by atoms with Gasteiger partial charge in [-0.3, -0.25) is 19.0 Å². The molecule has 0 saturated heterocycles. The summed E-state index contributed by atoms with van der Waals surface area (Å²) in [6.07, 6.45) is 3.28. The van der Waals surface area contributed by atoms with Gasteiger partial charge in [-0.25, -0.2) is 17.8 Å². The Balaban J connectivity index is 1.49. The second-order valence-electron chi connectivity index (χ2n) is 8.37. The average molecular weight is 547 g/mol. The highest BCUT2D eigenvalue weighted by Crippen LogP contribution is 2.32. The largest absolute Gasteiger partial charge is 0.279 e. The number of pyridine rings is 1. The van der Waals surface area contributed by atoms with Gasteiger partial charge in [-0.15, -0.1) is 0 Å². The third-order valence-corrected chi connectivity index (χ3v) is 8.88. The molecule has 0 saturated carbocycles. The molecule has 0 spiro atoms. The van der Waals surface area contributed by atoms with Crippen molar-refractivity contribution in [2.75, 3.05) is 15.7 Å². The van der Waals surface area contributed by atoms with E-state index >= 15 is 0 Å². The Hall–Kier alpha value is -4.15. The molecule has 0 N–H and O–H groups in total. The number of halogens is 1. The molecule has 5 rings (SSSR count). The first kappa shape index (κ1) is 25.5. The van der Waals surface area contributed by atoms with E-state index in [0.717, 1.165) is 5.56 Å². The van der Waals surface area contributed by atoms with Gasteiger partial charge in [-0.1, -0.05) is 41.7 Å². The number of carbonyl (C=O) groups is 1. The van der Waals surface area contributed by atoms with Crippen LogP contribution in [0.4, 0.5) is 15.2 Å². The summed E-state index contributed by atoms with van der Waals surface area (Å²) in [6.45, 7) is 2.17. The molecule has 0 atom stereocenters. The zero-order chi connectivity index (χ0) is 26.7. The second kappa shape index (κ2) is 10.7. The summed E-state index contributed by atoms with van der Waals surface area (Å²) >= 11 is 1.20. The van der Waals surface area contributed by atoms with Gasteiger partial charge in [0.1, 0.15) is 11.3 Å². The van der Waals surface area contributed by atoms with Crippen LogP contribution in [0.5, 0.6) is 0 Å². The zero-order valence-electron chi connectivity index (χ0n) is 20.4. The van der Waals surface area contributed by atoms with E-state index in [0.29, 0.717) is 15.5 Å². The molecule has 0 unspecified atom stereocenters. The number of sulfonamides is 1. The van der Waals surface area contributed by atoms with E-state index in [-0.39, 0.29) is 29.1 Å². The number of anilines is 2. The molecule has 1 amide bonds. The molecule has 0 bridgehead atoms. The molecule has 0 aliphatic heterocycles. The molecule has 5 aromatic rings. The smallest absolute Gasteiger partial charge is 0.264 e. The van der Waals surface area contributed by atoms with E-state index in [1.807, 2.05) is 12.1 Å². The highest BCUT2D eigenvalue weighted by molar-refractivity contribution is 7.92. The Bertz CT molecular complexity index is 1680. The minimum atomic E-state index is -3.84. The van der Waals surface area contributed by atoms with Crippen molar-refractivity contribution in [2.24, 2.45) is 0 Å². The Kier molecular flexibility index (Phi) is 7.17. The van der Waals surface area contributed by atoms with Gasteiger partial charge in [-0.05, 0) is 67.1 Å². The van der Waals surface area contributed by atoms with Crippen molar-refractivity contribution >= 4 is 48.3 Å². The molecule has 3 aromatic carbocycles. The van der Waals surface area contributed by atoms with Gasteiger partial charge in [-0.2, -0.15) is 0 Å². The number of nitrogens with zero attached hydrogens (tertiary/aromatic N) is 4. The summed E-state index contributed by atoms with van der Waals surface area (Å²) in [7, 11) is -3.84. The third kappa shape index (κ3) is 5.00. The highest BCUT2D eigenvalue weighted by Gasteiger charge is 2.26. The van der Waals surface area contributed by atoms with Crippen molar-refractivity contribution in [1.82, 2.24) is 9.97 Å². The number of aromatic nitrogens is 2. The summed E-state index contributed by atoms with van der Waals surface area (Å²) in [4.78, 5) is 23.8. The number of amides is 1. The first-order chi connectivity index (χ1) is 18.4. The maximum atomic E-state index is 14.4. The molecular weight excluding hydrogens is 523 g/mol. The quantitative estimate of drug-likeness (QED) is 0.242. The van der Waals surface area contributed by atoms with E-state index in [9.17, 15) is 17.6 Å². The molecule has 2 heterocycles. The molecule has 0 aliphatic carbocycles. The van der Waals surface area contributed by atoms with Crippen LogP contribution in [0, 0.1) is 5.82 Å². The van der Waals surface area contributed by atoms with Crippen molar-refractivity contribution < 1.29 is 17.6 Å². The van der Waals surface area contributed by atoms with Crippen LogP contribution in [-0.4, -0.2) is 30.8 Å². The van der Waals surface area contributed by atoms with E-state index in [1.165, 1.54) is 50.9 Å². The standard InChI is InChI=1S/C28H23FN4O3S2/c1-2-33(22-9-4-3-5-10-22)38(35,36)23-15-13-21(14-16-23)27(34)32(19-20-8-7-17-30-18-20)28-31-26-24(29)11-6-12-25(26)37-28/h3-18H,2,19H2,1H3. The highest BCUT2D eigenvalue weighted by atomic mass is 32.2. The SMILES string of the molecule is CCN(c1ccccc1)S(=O)(=O)c1ccc(C(=O)N(Cc2cccnc2)c2nc3c(F)cccc3s2)cc1. The van der Waals surface area contributed by atoms with Crippen LogP contribution >= 0.6 is 11.3 Å². The Morgan fingerprint density at radius 1 is 0.947 bits per heavy atom. The van der Waals surface area contributed by atoms with Crippen molar-refractivity contribution in [3.05, 3.63) is 114 Å².